The van der Waals surface area contributed by atoms with Gasteiger partial charge in [0.1, 0.15) is 0 Å². The summed E-state index contributed by atoms with van der Waals surface area (Å²) in [7, 11) is 0. The highest BCUT2D eigenvalue weighted by atomic mass is 79.9. The average molecular weight is 411 g/mol. The summed E-state index contributed by atoms with van der Waals surface area (Å²) in [6.07, 6.45) is -5.11. The van der Waals surface area contributed by atoms with Crippen molar-refractivity contribution < 1.29 is 23.1 Å². The zero-order chi connectivity index (χ0) is 18.2. The lowest BCUT2D eigenvalue weighted by Crippen LogP contribution is -2.22. The molecule has 0 fully saturated rings. The van der Waals surface area contributed by atoms with Crippen molar-refractivity contribution in [1.29, 1.82) is 0 Å². The van der Waals surface area contributed by atoms with Gasteiger partial charge in [-0.05, 0) is 18.2 Å². The van der Waals surface area contributed by atoms with E-state index in [1.165, 1.54) is 12.1 Å². The molecule has 8 heteroatoms. The minimum atomic E-state index is -5.11. The van der Waals surface area contributed by atoms with E-state index in [-0.39, 0.29) is 22.7 Å². The molecule has 2 aromatic carbocycles. The molecule has 4 nitrogen and oxygen atoms in total. The molecule has 2 N–H and O–H groups in total. The number of H-pyrrole nitrogens is 1. The Morgan fingerprint density at radius 1 is 1.12 bits per heavy atom. The number of carbonyl (C=O) groups excluding carboxylic acids is 1. The number of carbonyl (C=O) groups is 1. The molecule has 1 amide bonds. The molecule has 0 atom stereocenters. The number of aliphatic imine (C=N–C) groups is 1. The Balaban J connectivity index is 2.30. The lowest BCUT2D eigenvalue weighted by molar-refractivity contribution is -0.169. The van der Waals surface area contributed by atoms with Crippen LogP contribution in [0.15, 0.2) is 58.0 Å². The fraction of sp³-hybridized carbons (Fsp3) is 0.0588. The molecule has 0 saturated heterocycles. The van der Waals surface area contributed by atoms with E-state index in [0.29, 0.717) is 15.4 Å². The van der Waals surface area contributed by atoms with Gasteiger partial charge < -0.3 is 10.1 Å². The highest BCUT2D eigenvalue weighted by Crippen LogP contribution is 2.32. The summed E-state index contributed by atoms with van der Waals surface area (Å²) in [6, 6.07) is 12.9. The number of nitrogens with one attached hydrogen (secondary N) is 1. The van der Waals surface area contributed by atoms with Crippen LogP contribution in [0, 0.1) is 0 Å². The lowest BCUT2D eigenvalue weighted by Gasteiger charge is -2.08. The highest BCUT2D eigenvalue weighted by molar-refractivity contribution is 9.10. The molecule has 1 heterocycles. The molecule has 0 aliphatic rings. The Morgan fingerprint density at radius 3 is 2.44 bits per heavy atom. The Morgan fingerprint density at radius 2 is 1.80 bits per heavy atom. The molecule has 0 saturated carbocycles. The van der Waals surface area contributed by atoms with Crippen LogP contribution in [0.1, 0.15) is 11.1 Å². The van der Waals surface area contributed by atoms with Crippen molar-refractivity contribution in [3.05, 3.63) is 64.1 Å². The standard InChI is InChI=1S/C17H10BrF3N2O2/c18-10-6-7-12-11(8-10)13(15(24)22-12)14(9-4-2-1-3-5-9)23-16(25)17(19,20)21/h1-8,22,24H. The maximum atomic E-state index is 12.7. The molecule has 1 aromatic heterocycles. The average Bonchev–Trinajstić information content (AvgIpc) is 2.87. The van der Waals surface area contributed by atoms with Crippen molar-refractivity contribution in [2.45, 2.75) is 6.18 Å². The molecule has 0 aliphatic heterocycles. The number of aromatic nitrogens is 1. The number of aromatic hydroxyl groups is 1. The van der Waals surface area contributed by atoms with Gasteiger partial charge in [-0.1, -0.05) is 46.3 Å². The maximum Gasteiger partial charge on any atom is 0.473 e. The van der Waals surface area contributed by atoms with Gasteiger partial charge in [-0.15, -0.1) is 0 Å². The van der Waals surface area contributed by atoms with Crippen LogP contribution in [0.5, 0.6) is 5.88 Å². The first-order valence-electron chi connectivity index (χ1n) is 7.03. The van der Waals surface area contributed by atoms with Crippen LogP contribution in [0.2, 0.25) is 0 Å². The molecule has 128 valence electrons. The zero-order valence-corrected chi connectivity index (χ0v) is 14.0. The highest BCUT2D eigenvalue weighted by Gasteiger charge is 2.39. The smallest absolute Gasteiger partial charge is 0.473 e. The number of hydrogen-bond acceptors (Lipinski definition) is 2. The van der Waals surface area contributed by atoms with Gasteiger partial charge in [0.05, 0.1) is 11.3 Å². The van der Waals surface area contributed by atoms with Crippen molar-refractivity contribution in [3.8, 4) is 5.88 Å². The fourth-order valence-electron chi connectivity index (χ4n) is 2.42. The van der Waals surface area contributed by atoms with Gasteiger partial charge in [0.15, 0.2) is 5.88 Å². The number of fused-ring (bicyclic) bond motifs is 1. The van der Waals surface area contributed by atoms with Crippen molar-refractivity contribution in [2.75, 3.05) is 0 Å². The van der Waals surface area contributed by atoms with Crippen LogP contribution in [0.4, 0.5) is 13.2 Å². The number of aromatic amines is 1. The van der Waals surface area contributed by atoms with Crippen LogP contribution in [-0.4, -0.2) is 27.9 Å². The molecule has 0 aliphatic carbocycles. The van der Waals surface area contributed by atoms with Crippen LogP contribution >= 0.6 is 15.9 Å². The second-order valence-electron chi connectivity index (χ2n) is 5.17. The first kappa shape index (κ1) is 17.2. The van der Waals surface area contributed by atoms with E-state index in [1.54, 1.807) is 36.4 Å². The summed E-state index contributed by atoms with van der Waals surface area (Å²) < 4.78 is 38.8. The number of amides is 1. The van der Waals surface area contributed by atoms with Crippen LogP contribution in [0.3, 0.4) is 0 Å². The van der Waals surface area contributed by atoms with Crippen molar-refractivity contribution in [2.24, 2.45) is 4.99 Å². The zero-order valence-electron chi connectivity index (χ0n) is 12.4. The van der Waals surface area contributed by atoms with Crippen molar-refractivity contribution >= 4 is 38.5 Å². The van der Waals surface area contributed by atoms with E-state index in [2.05, 4.69) is 25.9 Å². The molecular weight excluding hydrogens is 401 g/mol. The molecule has 3 aromatic rings. The van der Waals surface area contributed by atoms with Crippen LogP contribution in [0.25, 0.3) is 10.9 Å². The van der Waals surface area contributed by atoms with Gasteiger partial charge in [0.2, 0.25) is 0 Å². The minimum Gasteiger partial charge on any atom is -0.494 e. The third-order valence-electron chi connectivity index (χ3n) is 3.48. The van der Waals surface area contributed by atoms with Gasteiger partial charge in [-0.2, -0.15) is 13.2 Å². The van der Waals surface area contributed by atoms with Gasteiger partial charge in [0.25, 0.3) is 0 Å². The quantitative estimate of drug-likeness (QED) is 0.608. The predicted octanol–water partition coefficient (Wildman–Crippen LogP) is 4.56. The van der Waals surface area contributed by atoms with E-state index >= 15 is 0 Å². The van der Waals surface area contributed by atoms with Crippen molar-refractivity contribution in [3.63, 3.8) is 0 Å². The minimum absolute atomic E-state index is 0.0279. The van der Waals surface area contributed by atoms with Gasteiger partial charge in [0, 0.05) is 20.9 Å². The Labute approximate surface area is 148 Å². The van der Waals surface area contributed by atoms with E-state index in [0.717, 1.165) is 0 Å². The van der Waals surface area contributed by atoms with Gasteiger partial charge in [-0.25, -0.2) is 4.99 Å². The summed E-state index contributed by atoms with van der Waals surface area (Å²) >= 11 is 3.28. The Kier molecular flexibility index (Phi) is 4.38. The SMILES string of the molecule is O=C(N=C(c1ccccc1)c1c(O)[nH]c2ccc(Br)cc12)C(F)(F)F. The Hall–Kier alpha value is -2.61. The number of nitrogens with zero attached hydrogens (tertiary/aromatic N) is 1. The largest absolute Gasteiger partial charge is 0.494 e. The fourth-order valence-corrected chi connectivity index (χ4v) is 2.78. The molecule has 0 bridgehead atoms. The number of benzene rings is 2. The summed E-state index contributed by atoms with van der Waals surface area (Å²) in [5, 5.41) is 10.7. The maximum absolute atomic E-state index is 12.7. The lowest BCUT2D eigenvalue weighted by atomic mass is 10.0. The third kappa shape index (κ3) is 3.43. The second-order valence-corrected chi connectivity index (χ2v) is 6.08. The number of hydrogen-bond donors (Lipinski definition) is 2. The summed E-state index contributed by atoms with van der Waals surface area (Å²) in [5.41, 5.74) is 0.542. The topological polar surface area (TPSA) is 65.4 Å². The van der Waals surface area contributed by atoms with Gasteiger partial charge >= 0.3 is 12.1 Å². The first-order chi connectivity index (χ1) is 11.8. The molecule has 0 spiro atoms. The molecule has 0 radical (unpaired) electrons. The monoisotopic (exact) mass is 410 g/mol. The molecular formula is C17H10BrF3N2O2. The first-order valence-corrected chi connectivity index (χ1v) is 7.82. The van der Waals surface area contributed by atoms with E-state index in [9.17, 15) is 23.1 Å². The summed E-state index contributed by atoms with van der Waals surface area (Å²) in [5.74, 6) is -2.61. The number of alkyl halides is 3. The molecule has 0 unspecified atom stereocenters. The van der Waals surface area contributed by atoms with Crippen molar-refractivity contribution in [1.82, 2.24) is 4.98 Å². The molecule has 25 heavy (non-hydrogen) atoms. The summed E-state index contributed by atoms with van der Waals surface area (Å²) in [4.78, 5) is 17.4. The van der Waals surface area contributed by atoms with Gasteiger partial charge in [-0.3, -0.25) is 4.79 Å². The normalized spacial score (nSPS) is 12.6. The molecule has 3 rings (SSSR count). The Bertz CT molecular complexity index is 979. The number of rotatable bonds is 2. The summed E-state index contributed by atoms with van der Waals surface area (Å²) in [6.45, 7) is 0. The number of halogens is 4. The van der Waals surface area contributed by atoms with E-state index in [1.807, 2.05) is 0 Å². The van der Waals surface area contributed by atoms with Crippen LogP contribution < -0.4 is 0 Å². The van der Waals surface area contributed by atoms with Crippen LogP contribution in [-0.2, 0) is 4.79 Å². The second kappa shape index (κ2) is 6.36. The third-order valence-corrected chi connectivity index (χ3v) is 3.97. The predicted molar refractivity (Wildman–Crippen MR) is 90.8 cm³/mol. The van der Waals surface area contributed by atoms with E-state index in [4.69, 9.17) is 0 Å². The van der Waals surface area contributed by atoms with E-state index < -0.39 is 12.1 Å².